The van der Waals surface area contributed by atoms with Gasteiger partial charge in [0.05, 0.1) is 11.2 Å². The van der Waals surface area contributed by atoms with Crippen molar-refractivity contribution in [2.24, 2.45) is 7.05 Å². The summed E-state index contributed by atoms with van der Waals surface area (Å²) in [6.45, 7) is 0. The van der Waals surface area contributed by atoms with E-state index in [0.717, 1.165) is 5.56 Å². The van der Waals surface area contributed by atoms with E-state index in [1.54, 1.807) is 31.3 Å². The van der Waals surface area contributed by atoms with Crippen molar-refractivity contribution in [3.05, 3.63) is 51.5 Å². The smallest absolute Gasteiger partial charge is 0.408 e. The van der Waals surface area contributed by atoms with E-state index in [-0.39, 0.29) is 0 Å². The van der Waals surface area contributed by atoms with Crippen molar-refractivity contribution >= 4 is 11.1 Å². The quantitative estimate of drug-likeness (QED) is 0.688. The molecule has 0 aliphatic carbocycles. The number of nitrogens with one attached hydrogen (secondary N) is 1. The molecule has 0 aliphatic heterocycles. The van der Waals surface area contributed by atoms with E-state index in [0.29, 0.717) is 16.8 Å². The fraction of sp³-hybridized carbons (Fsp3) is 0.0833. The lowest BCUT2D eigenvalue weighted by Gasteiger charge is -2.00. The lowest BCUT2D eigenvalue weighted by molar-refractivity contribution is 0.528. The molecule has 2 aromatic heterocycles. The Labute approximate surface area is 101 Å². The van der Waals surface area contributed by atoms with Crippen molar-refractivity contribution < 1.29 is 4.42 Å². The van der Waals surface area contributed by atoms with Crippen molar-refractivity contribution in [2.45, 2.75) is 0 Å². The molecule has 18 heavy (non-hydrogen) atoms. The zero-order valence-corrected chi connectivity index (χ0v) is 9.51. The minimum Gasteiger partial charge on any atom is -0.408 e. The zero-order chi connectivity index (χ0) is 12.7. The number of aromatic nitrogens is 3. The summed E-state index contributed by atoms with van der Waals surface area (Å²) < 4.78 is 6.45. The van der Waals surface area contributed by atoms with Gasteiger partial charge in [-0.05, 0) is 24.3 Å². The molecule has 3 aromatic rings. The van der Waals surface area contributed by atoms with Crippen LogP contribution in [-0.2, 0) is 7.05 Å². The minimum atomic E-state index is -0.412. The number of rotatable bonds is 1. The number of oxazole rings is 1. The number of hydrogen-bond acceptors (Lipinski definition) is 4. The number of fused-ring (bicyclic) bond motifs is 1. The molecule has 90 valence electrons. The molecular formula is C12H9N3O3. The van der Waals surface area contributed by atoms with Crippen LogP contribution in [-0.4, -0.2) is 14.5 Å². The van der Waals surface area contributed by atoms with Crippen LogP contribution >= 0.6 is 0 Å². The maximum atomic E-state index is 11.4. The van der Waals surface area contributed by atoms with Gasteiger partial charge in [-0.2, -0.15) is 0 Å². The normalized spacial score (nSPS) is 10.9. The topological polar surface area (TPSA) is 80.9 Å². The lowest BCUT2D eigenvalue weighted by Crippen LogP contribution is -2.09. The van der Waals surface area contributed by atoms with Crippen LogP contribution in [0.3, 0.4) is 0 Å². The van der Waals surface area contributed by atoms with Crippen LogP contribution in [0.1, 0.15) is 0 Å². The Kier molecular flexibility index (Phi) is 2.16. The first-order chi connectivity index (χ1) is 8.65. The molecule has 3 rings (SSSR count). The van der Waals surface area contributed by atoms with E-state index >= 15 is 0 Å². The second-order valence-electron chi connectivity index (χ2n) is 3.90. The number of benzene rings is 1. The second kappa shape index (κ2) is 3.69. The molecule has 0 saturated heterocycles. The molecule has 0 spiro atoms. The van der Waals surface area contributed by atoms with Crippen LogP contribution in [0.25, 0.3) is 22.4 Å². The largest absolute Gasteiger partial charge is 0.419 e. The van der Waals surface area contributed by atoms with Gasteiger partial charge in [0.2, 0.25) is 0 Å². The molecule has 0 saturated carbocycles. The molecule has 6 heteroatoms. The van der Waals surface area contributed by atoms with Crippen LogP contribution in [0.4, 0.5) is 0 Å². The number of aryl methyl sites for hydroxylation is 1. The van der Waals surface area contributed by atoms with Gasteiger partial charge >= 0.3 is 11.4 Å². The summed E-state index contributed by atoms with van der Waals surface area (Å²) in [7, 11) is 1.63. The van der Waals surface area contributed by atoms with E-state index < -0.39 is 11.4 Å². The summed E-state index contributed by atoms with van der Waals surface area (Å²) >= 11 is 0. The van der Waals surface area contributed by atoms with Gasteiger partial charge in [-0.3, -0.25) is 4.57 Å². The Morgan fingerprint density at radius 3 is 2.89 bits per heavy atom. The van der Waals surface area contributed by atoms with Crippen molar-refractivity contribution in [1.29, 1.82) is 0 Å². The van der Waals surface area contributed by atoms with E-state index in [1.807, 2.05) is 0 Å². The highest BCUT2D eigenvalue weighted by molar-refractivity contribution is 5.79. The van der Waals surface area contributed by atoms with Gasteiger partial charge in [-0.25, -0.2) is 14.6 Å². The highest BCUT2D eigenvalue weighted by Crippen LogP contribution is 2.21. The summed E-state index contributed by atoms with van der Waals surface area (Å²) in [6, 6.07) is 6.95. The van der Waals surface area contributed by atoms with Gasteiger partial charge in [-0.1, -0.05) is 0 Å². The van der Waals surface area contributed by atoms with Crippen LogP contribution in [0.5, 0.6) is 0 Å². The molecule has 0 atom stereocenters. The summed E-state index contributed by atoms with van der Waals surface area (Å²) in [6.07, 6.45) is 1.44. The molecule has 2 heterocycles. The number of hydrogen-bond donors (Lipinski definition) is 1. The predicted octanol–water partition coefficient (Wildman–Crippen LogP) is 0.882. The third kappa shape index (κ3) is 1.55. The molecule has 0 bridgehead atoms. The van der Waals surface area contributed by atoms with E-state index in [9.17, 15) is 9.59 Å². The Morgan fingerprint density at radius 1 is 1.28 bits per heavy atom. The highest BCUT2D eigenvalue weighted by atomic mass is 16.4. The minimum absolute atomic E-state index is 0.409. The Balaban J connectivity index is 2.28. The highest BCUT2D eigenvalue weighted by Gasteiger charge is 2.07. The molecule has 0 aliphatic rings. The Hall–Kier alpha value is -2.63. The standard InChI is InChI=1S/C12H9N3O3/c1-15-9-6-7(2-3-10(9)18-12(15)17)8-4-5-13-11(16)14-8/h2-6H,1H3,(H,13,14,16). The van der Waals surface area contributed by atoms with Crippen LogP contribution in [0.2, 0.25) is 0 Å². The molecule has 0 radical (unpaired) electrons. The maximum Gasteiger partial charge on any atom is 0.419 e. The zero-order valence-electron chi connectivity index (χ0n) is 9.51. The average Bonchev–Trinajstić information content (AvgIpc) is 2.65. The fourth-order valence-electron chi connectivity index (χ4n) is 1.83. The Morgan fingerprint density at radius 2 is 2.11 bits per heavy atom. The molecular weight excluding hydrogens is 234 g/mol. The van der Waals surface area contributed by atoms with Crippen LogP contribution < -0.4 is 11.4 Å². The third-order valence-corrected chi connectivity index (χ3v) is 2.78. The molecule has 1 aromatic carbocycles. The first-order valence-corrected chi connectivity index (χ1v) is 5.30. The Bertz CT molecular complexity index is 841. The first-order valence-electron chi connectivity index (χ1n) is 5.30. The SMILES string of the molecule is Cn1c(=O)oc2ccc(-c3ccnc(=O)[nH]3)cc21. The van der Waals surface area contributed by atoms with E-state index in [1.165, 1.54) is 10.8 Å². The number of H-pyrrole nitrogens is 1. The van der Waals surface area contributed by atoms with Crippen LogP contribution in [0, 0.1) is 0 Å². The van der Waals surface area contributed by atoms with Gasteiger partial charge in [0.25, 0.3) is 0 Å². The molecule has 0 unspecified atom stereocenters. The monoisotopic (exact) mass is 243 g/mol. The number of nitrogens with zero attached hydrogens (tertiary/aromatic N) is 2. The summed E-state index contributed by atoms with van der Waals surface area (Å²) in [5, 5.41) is 0. The van der Waals surface area contributed by atoms with E-state index in [2.05, 4.69) is 9.97 Å². The van der Waals surface area contributed by atoms with Crippen molar-refractivity contribution in [2.75, 3.05) is 0 Å². The van der Waals surface area contributed by atoms with Crippen molar-refractivity contribution in [3.63, 3.8) is 0 Å². The predicted molar refractivity (Wildman–Crippen MR) is 65.3 cm³/mol. The summed E-state index contributed by atoms with van der Waals surface area (Å²) in [4.78, 5) is 28.7. The maximum absolute atomic E-state index is 11.4. The van der Waals surface area contributed by atoms with Gasteiger partial charge in [0.1, 0.15) is 0 Å². The van der Waals surface area contributed by atoms with Gasteiger partial charge in [-0.15, -0.1) is 0 Å². The summed E-state index contributed by atoms with van der Waals surface area (Å²) in [5.74, 6) is -0.412. The van der Waals surface area contributed by atoms with Crippen molar-refractivity contribution in [1.82, 2.24) is 14.5 Å². The molecule has 0 fully saturated rings. The molecule has 1 N–H and O–H groups in total. The average molecular weight is 243 g/mol. The van der Waals surface area contributed by atoms with Gasteiger partial charge < -0.3 is 9.40 Å². The summed E-state index contributed by atoms with van der Waals surface area (Å²) in [5.41, 5.74) is 2.22. The second-order valence-corrected chi connectivity index (χ2v) is 3.90. The van der Waals surface area contributed by atoms with E-state index in [4.69, 9.17) is 4.42 Å². The molecule has 0 amide bonds. The number of aromatic amines is 1. The fourth-order valence-corrected chi connectivity index (χ4v) is 1.83. The van der Waals surface area contributed by atoms with Crippen LogP contribution in [0.15, 0.2) is 44.5 Å². The third-order valence-electron chi connectivity index (χ3n) is 2.78. The molecule has 6 nitrogen and oxygen atoms in total. The lowest BCUT2D eigenvalue weighted by atomic mass is 10.1. The van der Waals surface area contributed by atoms with Gasteiger partial charge in [0, 0.05) is 18.8 Å². The van der Waals surface area contributed by atoms with Crippen molar-refractivity contribution in [3.8, 4) is 11.3 Å². The first kappa shape index (κ1) is 10.5. The van der Waals surface area contributed by atoms with Gasteiger partial charge in [0.15, 0.2) is 5.58 Å².